The quantitative estimate of drug-likeness (QED) is 0.337. The largest absolute Gasteiger partial charge is 0.478 e. The van der Waals surface area contributed by atoms with Crippen LogP contribution in [-0.2, 0) is 9.59 Å². The summed E-state index contributed by atoms with van der Waals surface area (Å²) in [4.78, 5) is 20.2. The van der Waals surface area contributed by atoms with Gasteiger partial charge in [0.2, 0.25) is 5.91 Å². The molecule has 0 spiro atoms. The molecule has 0 atom stereocenters. The predicted octanol–water partition coefficient (Wildman–Crippen LogP) is -1.34. The number of carboxylic acids is 1. The summed E-state index contributed by atoms with van der Waals surface area (Å²) in [6, 6.07) is 0. The normalized spacial score (nSPS) is 9.70. The molecule has 0 aliphatic carbocycles. The molecule has 0 aliphatic heterocycles. The minimum absolute atomic E-state index is 0.00277. The number of nitrogens with two attached hydrogens (primary N) is 1. The Morgan fingerprint density at radius 2 is 2.10 bits per heavy atom. The Morgan fingerprint density at radius 1 is 1.50 bits per heavy atom. The first-order valence-electron chi connectivity index (χ1n) is 2.55. The number of carbonyl (C=O) groups excluding carboxylic acids is 1. The second-order valence-corrected chi connectivity index (χ2v) is 1.42. The zero-order valence-corrected chi connectivity index (χ0v) is 5.20. The Hall–Kier alpha value is -1.36. The van der Waals surface area contributed by atoms with Crippen molar-refractivity contribution in [2.45, 2.75) is 0 Å². The molecule has 0 saturated heterocycles. The summed E-state index contributed by atoms with van der Waals surface area (Å²) in [5.74, 6) is -1.67. The Balaban J connectivity index is 3.67. The average Bonchev–Trinajstić information content (AvgIpc) is 1.85. The highest BCUT2D eigenvalue weighted by Gasteiger charge is 1.91. The van der Waals surface area contributed by atoms with E-state index in [1.807, 2.05) is 0 Å². The molecule has 0 rings (SSSR count). The summed E-state index contributed by atoms with van der Waals surface area (Å²) in [6.45, 7) is 0.00277. The molecule has 0 aromatic rings. The van der Waals surface area contributed by atoms with Crippen LogP contribution in [0.4, 0.5) is 0 Å². The van der Waals surface area contributed by atoms with Gasteiger partial charge in [0.15, 0.2) is 0 Å². The first-order chi connectivity index (χ1) is 4.66. The van der Waals surface area contributed by atoms with E-state index in [0.29, 0.717) is 0 Å². The molecule has 0 radical (unpaired) electrons. The molecule has 10 heavy (non-hydrogen) atoms. The second kappa shape index (κ2) is 4.51. The molecular formula is C5H8N2O3. The van der Waals surface area contributed by atoms with E-state index in [1.165, 1.54) is 0 Å². The molecule has 5 heteroatoms. The van der Waals surface area contributed by atoms with Crippen molar-refractivity contribution < 1.29 is 14.7 Å². The average molecular weight is 144 g/mol. The van der Waals surface area contributed by atoms with E-state index < -0.39 is 11.9 Å². The van der Waals surface area contributed by atoms with Gasteiger partial charge in [-0.3, -0.25) is 4.79 Å². The summed E-state index contributed by atoms with van der Waals surface area (Å²) >= 11 is 0. The van der Waals surface area contributed by atoms with Crippen LogP contribution >= 0.6 is 0 Å². The molecule has 1 amide bonds. The van der Waals surface area contributed by atoms with E-state index >= 15 is 0 Å². The zero-order valence-electron chi connectivity index (χ0n) is 5.20. The lowest BCUT2D eigenvalue weighted by Crippen LogP contribution is -2.27. The lowest BCUT2D eigenvalue weighted by Gasteiger charge is -1.92. The van der Waals surface area contributed by atoms with Crippen molar-refractivity contribution in [3.63, 3.8) is 0 Å². The third-order valence-electron chi connectivity index (χ3n) is 0.654. The molecule has 56 valence electrons. The minimum atomic E-state index is -1.16. The fourth-order valence-electron chi connectivity index (χ4n) is 0.306. The summed E-state index contributed by atoms with van der Waals surface area (Å²) in [6.07, 6.45) is 1.64. The third kappa shape index (κ3) is 4.79. The number of amides is 1. The van der Waals surface area contributed by atoms with Crippen molar-refractivity contribution in [3.8, 4) is 0 Å². The van der Waals surface area contributed by atoms with Crippen molar-refractivity contribution in [1.29, 1.82) is 0 Å². The molecular weight excluding hydrogens is 136 g/mol. The van der Waals surface area contributed by atoms with Gasteiger partial charge in [0, 0.05) is 12.2 Å². The molecule has 0 fully saturated rings. The molecule has 0 heterocycles. The molecule has 0 unspecified atom stereocenters. The van der Waals surface area contributed by atoms with Gasteiger partial charge in [0.05, 0.1) is 6.67 Å². The smallest absolute Gasteiger partial charge is 0.328 e. The highest BCUT2D eigenvalue weighted by Crippen LogP contribution is 1.71. The molecule has 0 aromatic heterocycles. The summed E-state index contributed by atoms with van der Waals surface area (Å²) in [7, 11) is 0. The number of hydrogen-bond donors (Lipinski definition) is 3. The molecule has 0 aliphatic rings. The molecule has 0 bridgehead atoms. The maximum Gasteiger partial charge on any atom is 0.328 e. The second-order valence-electron chi connectivity index (χ2n) is 1.42. The van der Waals surface area contributed by atoms with Crippen LogP contribution in [0.2, 0.25) is 0 Å². The van der Waals surface area contributed by atoms with Gasteiger partial charge in [-0.25, -0.2) is 4.79 Å². The van der Waals surface area contributed by atoms with Crippen molar-refractivity contribution in [2.24, 2.45) is 5.73 Å². The Labute approximate surface area is 57.5 Å². The fraction of sp³-hybridized carbons (Fsp3) is 0.200. The number of hydrogen-bond acceptors (Lipinski definition) is 3. The van der Waals surface area contributed by atoms with Crippen LogP contribution in [0.15, 0.2) is 12.2 Å². The van der Waals surface area contributed by atoms with Crippen LogP contribution < -0.4 is 11.1 Å². The van der Waals surface area contributed by atoms with E-state index in [9.17, 15) is 9.59 Å². The number of carbonyl (C=O) groups is 2. The number of rotatable bonds is 3. The molecule has 0 saturated carbocycles. The lowest BCUT2D eigenvalue weighted by molar-refractivity contribution is -0.131. The maximum atomic E-state index is 10.4. The van der Waals surface area contributed by atoms with E-state index in [4.69, 9.17) is 10.8 Å². The van der Waals surface area contributed by atoms with Crippen molar-refractivity contribution >= 4 is 11.9 Å². The molecule has 5 nitrogen and oxygen atoms in total. The van der Waals surface area contributed by atoms with Gasteiger partial charge >= 0.3 is 5.97 Å². The summed E-state index contributed by atoms with van der Waals surface area (Å²) in [5.41, 5.74) is 4.92. The van der Waals surface area contributed by atoms with Gasteiger partial charge in [-0.15, -0.1) is 0 Å². The Morgan fingerprint density at radius 3 is 2.50 bits per heavy atom. The SMILES string of the molecule is NCNC(=O)/C=C\C(=O)O. The monoisotopic (exact) mass is 144 g/mol. The van der Waals surface area contributed by atoms with Crippen molar-refractivity contribution in [3.05, 3.63) is 12.2 Å². The van der Waals surface area contributed by atoms with Gasteiger partial charge in [0.1, 0.15) is 0 Å². The van der Waals surface area contributed by atoms with E-state index in [2.05, 4.69) is 5.32 Å². The van der Waals surface area contributed by atoms with Crippen LogP contribution in [0.25, 0.3) is 0 Å². The van der Waals surface area contributed by atoms with Crippen LogP contribution in [0.1, 0.15) is 0 Å². The number of aliphatic carboxylic acids is 1. The van der Waals surface area contributed by atoms with Gasteiger partial charge in [0.25, 0.3) is 0 Å². The predicted molar refractivity (Wildman–Crippen MR) is 34.0 cm³/mol. The maximum absolute atomic E-state index is 10.4. The number of carboxylic acid groups (broad SMARTS) is 1. The van der Waals surface area contributed by atoms with Gasteiger partial charge in [-0.1, -0.05) is 0 Å². The van der Waals surface area contributed by atoms with Crippen LogP contribution in [-0.4, -0.2) is 23.7 Å². The fourth-order valence-corrected chi connectivity index (χ4v) is 0.306. The molecule has 4 N–H and O–H groups in total. The van der Waals surface area contributed by atoms with Crippen molar-refractivity contribution in [1.82, 2.24) is 5.32 Å². The van der Waals surface area contributed by atoms with Gasteiger partial charge in [-0.2, -0.15) is 0 Å². The number of nitrogens with one attached hydrogen (secondary N) is 1. The highest BCUT2D eigenvalue weighted by atomic mass is 16.4. The van der Waals surface area contributed by atoms with Crippen LogP contribution in [0, 0.1) is 0 Å². The topological polar surface area (TPSA) is 92.4 Å². The van der Waals surface area contributed by atoms with E-state index in [1.54, 1.807) is 0 Å². The zero-order chi connectivity index (χ0) is 7.98. The first-order valence-corrected chi connectivity index (χ1v) is 2.55. The van der Waals surface area contributed by atoms with E-state index in [0.717, 1.165) is 12.2 Å². The molecule has 0 aromatic carbocycles. The Bertz CT molecular complexity index is 164. The van der Waals surface area contributed by atoms with E-state index in [-0.39, 0.29) is 6.67 Å². The van der Waals surface area contributed by atoms with Gasteiger partial charge < -0.3 is 16.2 Å². The summed E-state index contributed by atoms with van der Waals surface area (Å²) < 4.78 is 0. The highest BCUT2D eigenvalue weighted by molar-refractivity contribution is 5.93. The van der Waals surface area contributed by atoms with Crippen LogP contribution in [0.3, 0.4) is 0 Å². The lowest BCUT2D eigenvalue weighted by atomic mass is 10.5. The van der Waals surface area contributed by atoms with Crippen LogP contribution in [0.5, 0.6) is 0 Å². The summed E-state index contributed by atoms with van der Waals surface area (Å²) in [5, 5.41) is 10.2. The Kier molecular flexibility index (Phi) is 3.90. The first kappa shape index (κ1) is 8.64. The third-order valence-corrected chi connectivity index (χ3v) is 0.654. The standard InChI is InChI=1S/C5H8N2O3/c6-3-7-4(8)1-2-5(9)10/h1-2H,3,6H2,(H,7,8)(H,9,10)/b2-1-. The minimum Gasteiger partial charge on any atom is -0.478 e. The van der Waals surface area contributed by atoms with Crippen molar-refractivity contribution in [2.75, 3.05) is 6.67 Å². The van der Waals surface area contributed by atoms with Gasteiger partial charge in [-0.05, 0) is 0 Å².